The molecule has 2 aromatic carbocycles. The summed E-state index contributed by atoms with van der Waals surface area (Å²) in [5.41, 5.74) is 8.56. The summed E-state index contributed by atoms with van der Waals surface area (Å²) in [7, 11) is 0. The van der Waals surface area contributed by atoms with E-state index >= 15 is 0 Å². The van der Waals surface area contributed by atoms with Crippen LogP contribution in [0.2, 0.25) is 0 Å². The summed E-state index contributed by atoms with van der Waals surface area (Å²) < 4.78 is 5.94. The minimum atomic E-state index is 0.100. The number of nitrogens with two attached hydrogens (primary N) is 1. The second-order valence-corrected chi connectivity index (χ2v) is 6.46. The first-order chi connectivity index (χ1) is 9.90. The Morgan fingerprint density at radius 2 is 1.67 bits per heavy atom. The number of rotatable bonds is 4. The van der Waals surface area contributed by atoms with E-state index in [1.54, 1.807) is 0 Å². The molecule has 0 amide bonds. The minimum Gasteiger partial charge on any atom is -0.457 e. The van der Waals surface area contributed by atoms with Crippen LogP contribution in [-0.2, 0) is 5.41 Å². The van der Waals surface area contributed by atoms with Crippen molar-refractivity contribution in [1.82, 2.24) is 0 Å². The molecule has 0 saturated heterocycles. The predicted molar refractivity (Wildman–Crippen MR) is 88.9 cm³/mol. The van der Waals surface area contributed by atoms with Crippen molar-refractivity contribution in [3.05, 3.63) is 59.7 Å². The molecule has 0 spiro atoms. The van der Waals surface area contributed by atoms with Crippen molar-refractivity contribution >= 4 is 0 Å². The lowest BCUT2D eigenvalue weighted by Gasteiger charge is -2.19. The van der Waals surface area contributed by atoms with Crippen molar-refractivity contribution in [3.63, 3.8) is 0 Å². The molecule has 2 N–H and O–H groups in total. The van der Waals surface area contributed by atoms with Gasteiger partial charge in [-0.05, 0) is 47.2 Å². The van der Waals surface area contributed by atoms with Gasteiger partial charge in [0.15, 0.2) is 0 Å². The van der Waals surface area contributed by atoms with Gasteiger partial charge in [-0.15, -0.1) is 0 Å². The van der Waals surface area contributed by atoms with Crippen molar-refractivity contribution in [1.29, 1.82) is 0 Å². The van der Waals surface area contributed by atoms with Crippen LogP contribution in [0.3, 0.4) is 0 Å². The quantitative estimate of drug-likeness (QED) is 0.838. The van der Waals surface area contributed by atoms with Crippen molar-refractivity contribution in [2.24, 2.45) is 5.73 Å². The standard InChI is InChI=1S/C19H25NO/c1-5-18(20)14-9-11-16(12-10-14)21-17-8-6-7-15(13-17)19(2,3)4/h6-13,18H,5,20H2,1-4H3/t18-/m0/s1. The second kappa shape index (κ2) is 6.31. The second-order valence-electron chi connectivity index (χ2n) is 6.46. The van der Waals surface area contributed by atoms with Crippen molar-refractivity contribution in [2.45, 2.75) is 45.6 Å². The lowest BCUT2D eigenvalue weighted by molar-refractivity contribution is 0.478. The predicted octanol–water partition coefficient (Wildman–Crippen LogP) is 5.19. The molecular formula is C19H25NO. The Hall–Kier alpha value is -1.80. The molecule has 0 aliphatic carbocycles. The molecule has 0 saturated carbocycles. The summed E-state index contributed by atoms with van der Waals surface area (Å²) in [5, 5.41) is 0. The highest BCUT2D eigenvalue weighted by atomic mass is 16.5. The van der Waals surface area contributed by atoms with Crippen LogP contribution in [0.25, 0.3) is 0 Å². The van der Waals surface area contributed by atoms with Gasteiger partial charge < -0.3 is 10.5 Å². The fraction of sp³-hybridized carbons (Fsp3) is 0.368. The summed E-state index contributed by atoms with van der Waals surface area (Å²) in [5.74, 6) is 1.71. The lowest BCUT2D eigenvalue weighted by Crippen LogP contribution is -2.10. The molecule has 0 aromatic heterocycles. The van der Waals surface area contributed by atoms with Crippen molar-refractivity contribution in [3.8, 4) is 11.5 Å². The number of hydrogen-bond acceptors (Lipinski definition) is 2. The average Bonchev–Trinajstić information content (AvgIpc) is 2.47. The van der Waals surface area contributed by atoms with Crippen molar-refractivity contribution in [2.75, 3.05) is 0 Å². The highest BCUT2D eigenvalue weighted by Crippen LogP contribution is 2.29. The maximum absolute atomic E-state index is 6.02. The molecule has 2 nitrogen and oxygen atoms in total. The zero-order valence-corrected chi connectivity index (χ0v) is 13.4. The van der Waals surface area contributed by atoms with Crippen LogP contribution in [0.5, 0.6) is 11.5 Å². The molecule has 0 aliphatic rings. The third kappa shape index (κ3) is 4.08. The van der Waals surface area contributed by atoms with Crippen LogP contribution in [0.1, 0.15) is 51.3 Å². The molecule has 0 radical (unpaired) electrons. The molecule has 0 unspecified atom stereocenters. The van der Waals surface area contributed by atoms with Gasteiger partial charge in [0.2, 0.25) is 0 Å². The van der Waals surface area contributed by atoms with E-state index < -0.39 is 0 Å². The third-order valence-corrected chi connectivity index (χ3v) is 3.68. The van der Waals surface area contributed by atoms with E-state index in [2.05, 4.69) is 39.8 Å². The van der Waals surface area contributed by atoms with E-state index in [1.807, 2.05) is 36.4 Å². The molecule has 112 valence electrons. The molecule has 0 heterocycles. The third-order valence-electron chi connectivity index (χ3n) is 3.68. The van der Waals surface area contributed by atoms with Crippen molar-refractivity contribution < 1.29 is 4.74 Å². The topological polar surface area (TPSA) is 35.2 Å². The Bertz CT molecular complexity index is 581. The molecule has 0 bridgehead atoms. The van der Waals surface area contributed by atoms with Gasteiger partial charge in [0.25, 0.3) is 0 Å². The average molecular weight is 283 g/mol. The number of hydrogen-bond donors (Lipinski definition) is 1. The van der Waals surface area contributed by atoms with Gasteiger partial charge >= 0.3 is 0 Å². The molecule has 1 atom stereocenters. The Balaban J connectivity index is 2.15. The Labute approximate surface area is 127 Å². The van der Waals surface area contributed by atoms with Gasteiger partial charge in [-0.2, -0.15) is 0 Å². The van der Waals surface area contributed by atoms with Gasteiger partial charge in [0.1, 0.15) is 11.5 Å². The van der Waals surface area contributed by atoms with Gasteiger partial charge in [-0.25, -0.2) is 0 Å². The van der Waals surface area contributed by atoms with E-state index in [0.29, 0.717) is 0 Å². The van der Waals surface area contributed by atoms with Crippen LogP contribution in [0.15, 0.2) is 48.5 Å². The van der Waals surface area contributed by atoms with Crippen LogP contribution in [-0.4, -0.2) is 0 Å². The van der Waals surface area contributed by atoms with Crippen LogP contribution < -0.4 is 10.5 Å². The highest BCUT2D eigenvalue weighted by molar-refractivity contribution is 5.37. The highest BCUT2D eigenvalue weighted by Gasteiger charge is 2.14. The van der Waals surface area contributed by atoms with E-state index in [1.165, 1.54) is 5.56 Å². The summed E-state index contributed by atoms with van der Waals surface area (Å²) in [6, 6.07) is 16.4. The number of ether oxygens (including phenoxy) is 1. The first-order valence-corrected chi connectivity index (χ1v) is 7.54. The summed E-state index contributed by atoms with van der Waals surface area (Å²) in [4.78, 5) is 0. The Morgan fingerprint density at radius 3 is 2.24 bits per heavy atom. The fourth-order valence-corrected chi connectivity index (χ4v) is 2.18. The molecule has 0 fully saturated rings. The van der Waals surface area contributed by atoms with Gasteiger partial charge in [0.05, 0.1) is 0 Å². The first-order valence-electron chi connectivity index (χ1n) is 7.54. The normalized spacial score (nSPS) is 13.0. The zero-order chi connectivity index (χ0) is 15.5. The first kappa shape index (κ1) is 15.6. The minimum absolute atomic E-state index is 0.100. The van der Waals surface area contributed by atoms with E-state index in [-0.39, 0.29) is 11.5 Å². The van der Waals surface area contributed by atoms with E-state index in [9.17, 15) is 0 Å². The lowest BCUT2D eigenvalue weighted by atomic mass is 9.87. The molecule has 2 aromatic rings. The molecule has 21 heavy (non-hydrogen) atoms. The number of benzene rings is 2. The smallest absolute Gasteiger partial charge is 0.127 e. The van der Waals surface area contributed by atoms with Gasteiger partial charge in [-0.1, -0.05) is 52.0 Å². The zero-order valence-electron chi connectivity index (χ0n) is 13.4. The SMILES string of the molecule is CC[C@H](N)c1ccc(Oc2cccc(C(C)(C)C)c2)cc1. The van der Waals surface area contributed by atoms with E-state index in [4.69, 9.17) is 10.5 Å². The van der Waals surface area contributed by atoms with E-state index in [0.717, 1.165) is 23.5 Å². The maximum Gasteiger partial charge on any atom is 0.127 e. The van der Waals surface area contributed by atoms with Crippen LogP contribution >= 0.6 is 0 Å². The molecular weight excluding hydrogens is 258 g/mol. The molecule has 0 aliphatic heterocycles. The summed E-state index contributed by atoms with van der Waals surface area (Å²) >= 11 is 0. The molecule has 2 heteroatoms. The monoisotopic (exact) mass is 283 g/mol. The fourth-order valence-electron chi connectivity index (χ4n) is 2.18. The Kier molecular flexibility index (Phi) is 4.69. The largest absolute Gasteiger partial charge is 0.457 e. The maximum atomic E-state index is 6.02. The molecule has 2 rings (SSSR count). The summed E-state index contributed by atoms with van der Waals surface area (Å²) in [6.07, 6.45) is 0.938. The van der Waals surface area contributed by atoms with Crippen LogP contribution in [0, 0.1) is 0 Å². The van der Waals surface area contributed by atoms with Gasteiger partial charge in [-0.3, -0.25) is 0 Å². The van der Waals surface area contributed by atoms with Gasteiger partial charge in [0, 0.05) is 6.04 Å². The summed E-state index contributed by atoms with van der Waals surface area (Å²) in [6.45, 7) is 8.69. The van der Waals surface area contributed by atoms with Crippen LogP contribution in [0.4, 0.5) is 0 Å². The Morgan fingerprint density at radius 1 is 1.00 bits per heavy atom.